The zero-order chi connectivity index (χ0) is 16.5. The van der Waals surface area contributed by atoms with Gasteiger partial charge in [0.15, 0.2) is 0 Å². The van der Waals surface area contributed by atoms with Gasteiger partial charge in [-0.2, -0.15) is 10.5 Å². The molecule has 6 heteroatoms. The van der Waals surface area contributed by atoms with Crippen molar-refractivity contribution in [2.24, 2.45) is 11.8 Å². The van der Waals surface area contributed by atoms with Crippen molar-refractivity contribution in [2.45, 2.75) is 39.5 Å². The molecule has 0 bridgehead atoms. The van der Waals surface area contributed by atoms with Crippen molar-refractivity contribution in [1.29, 1.82) is 10.5 Å². The zero-order valence-electron chi connectivity index (χ0n) is 13.4. The lowest BCUT2D eigenvalue weighted by Crippen LogP contribution is -2.46. The van der Waals surface area contributed by atoms with Gasteiger partial charge in [0.2, 0.25) is 11.8 Å². The van der Waals surface area contributed by atoms with Gasteiger partial charge in [0.25, 0.3) is 0 Å². The molecule has 1 aliphatic rings. The third-order valence-electron chi connectivity index (χ3n) is 4.31. The molecule has 0 aromatic heterocycles. The lowest BCUT2D eigenvalue weighted by molar-refractivity contribution is -0.147. The first-order valence-electron chi connectivity index (χ1n) is 7.92. The Labute approximate surface area is 132 Å². The fourth-order valence-corrected chi connectivity index (χ4v) is 3.05. The molecular weight excluding hydrogens is 280 g/mol. The summed E-state index contributed by atoms with van der Waals surface area (Å²) in [4.78, 5) is 28.3. The Morgan fingerprint density at radius 3 is 1.55 bits per heavy atom. The van der Waals surface area contributed by atoms with Gasteiger partial charge < -0.3 is 9.80 Å². The summed E-state index contributed by atoms with van der Waals surface area (Å²) in [6.45, 7) is 4.73. The maximum atomic E-state index is 12.6. The molecule has 1 saturated carbocycles. The van der Waals surface area contributed by atoms with Gasteiger partial charge in [-0.05, 0) is 26.7 Å². The molecule has 2 atom stereocenters. The topological polar surface area (TPSA) is 88.2 Å². The van der Waals surface area contributed by atoms with Gasteiger partial charge >= 0.3 is 0 Å². The highest BCUT2D eigenvalue weighted by atomic mass is 16.2. The molecular formula is C16H24N4O2. The predicted octanol–water partition coefficient (Wildman–Crippen LogP) is 1.54. The minimum absolute atomic E-state index is 0.0580. The number of amides is 2. The van der Waals surface area contributed by atoms with E-state index in [1.54, 1.807) is 0 Å². The van der Waals surface area contributed by atoms with Crippen molar-refractivity contribution < 1.29 is 9.59 Å². The van der Waals surface area contributed by atoms with E-state index in [1.807, 2.05) is 26.0 Å². The second kappa shape index (κ2) is 9.04. The largest absolute Gasteiger partial charge is 0.329 e. The SMILES string of the molecule is CCN(CC#N)C(=O)[C@@H]1CCCC[C@H]1C(=O)N(CC)CC#N. The summed E-state index contributed by atoms with van der Waals surface area (Å²) in [7, 11) is 0. The number of rotatable bonds is 6. The molecule has 22 heavy (non-hydrogen) atoms. The highest BCUT2D eigenvalue weighted by molar-refractivity contribution is 5.88. The molecule has 6 nitrogen and oxygen atoms in total. The highest BCUT2D eigenvalue weighted by Crippen LogP contribution is 2.33. The van der Waals surface area contributed by atoms with Crippen LogP contribution in [0.15, 0.2) is 0 Å². The second-order valence-corrected chi connectivity index (χ2v) is 5.52. The smallest absolute Gasteiger partial charge is 0.227 e. The molecule has 0 unspecified atom stereocenters. The maximum Gasteiger partial charge on any atom is 0.227 e. The summed E-state index contributed by atoms with van der Waals surface area (Å²) >= 11 is 0. The lowest BCUT2D eigenvalue weighted by atomic mass is 9.77. The van der Waals surface area contributed by atoms with Gasteiger partial charge in [-0.25, -0.2) is 0 Å². The van der Waals surface area contributed by atoms with E-state index in [1.165, 1.54) is 9.80 Å². The molecule has 0 saturated heterocycles. The summed E-state index contributed by atoms with van der Waals surface area (Å²) in [5, 5.41) is 17.7. The summed E-state index contributed by atoms with van der Waals surface area (Å²) in [5.41, 5.74) is 0. The van der Waals surface area contributed by atoms with E-state index in [0.717, 1.165) is 12.8 Å². The van der Waals surface area contributed by atoms with Crippen molar-refractivity contribution in [3.63, 3.8) is 0 Å². The van der Waals surface area contributed by atoms with Crippen LogP contribution in [0.25, 0.3) is 0 Å². The summed E-state index contributed by atoms with van der Waals surface area (Å²) < 4.78 is 0. The van der Waals surface area contributed by atoms with Gasteiger partial charge in [0.1, 0.15) is 13.1 Å². The molecule has 0 radical (unpaired) electrons. The van der Waals surface area contributed by atoms with E-state index in [4.69, 9.17) is 10.5 Å². The molecule has 0 aromatic rings. The molecule has 0 aromatic carbocycles. The van der Waals surface area contributed by atoms with Crippen LogP contribution in [0.1, 0.15) is 39.5 Å². The van der Waals surface area contributed by atoms with Gasteiger partial charge in [0, 0.05) is 24.9 Å². The molecule has 2 amide bonds. The number of carbonyl (C=O) groups excluding carboxylic acids is 2. The van der Waals surface area contributed by atoms with Crippen molar-refractivity contribution in [3.05, 3.63) is 0 Å². The van der Waals surface area contributed by atoms with E-state index >= 15 is 0 Å². The minimum Gasteiger partial charge on any atom is -0.329 e. The molecule has 1 rings (SSSR count). The average molecular weight is 304 g/mol. The summed E-state index contributed by atoms with van der Waals surface area (Å²) in [6.07, 6.45) is 3.21. The first-order valence-corrected chi connectivity index (χ1v) is 7.92. The number of nitriles is 2. The fourth-order valence-electron chi connectivity index (χ4n) is 3.05. The lowest BCUT2D eigenvalue weighted by Gasteiger charge is -2.35. The van der Waals surface area contributed by atoms with E-state index in [9.17, 15) is 9.59 Å². The van der Waals surface area contributed by atoms with E-state index < -0.39 is 0 Å². The van der Waals surface area contributed by atoms with Crippen LogP contribution in [0.4, 0.5) is 0 Å². The molecule has 1 fully saturated rings. The Hall–Kier alpha value is -2.08. The van der Waals surface area contributed by atoms with Crippen LogP contribution >= 0.6 is 0 Å². The van der Waals surface area contributed by atoms with Gasteiger partial charge in [-0.15, -0.1) is 0 Å². The van der Waals surface area contributed by atoms with E-state index in [2.05, 4.69) is 0 Å². The highest BCUT2D eigenvalue weighted by Gasteiger charge is 2.39. The second-order valence-electron chi connectivity index (χ2n) is 5.52. The Bertz CT molecular complexity index is 434. The van der Waals surface area contributed by atoms with Crippen LogP contribution in [-0.2, 0) is 9.59 Å². The van der Waals surface area contributed by atoms with Gasteiger partial charge in [-0.1, -0.05) is 12.8 Å². The third-order valence-corrected chi connectivity index (χ3v) is 4.31. The van der Waals surface area contributed by atoms with Crippen molar-refractivity contribution in [3.8, 4) is 12.1 Å². The molecule has 120 valence electrons. The van der Waals surface area contributed by atoms with E-state index in [0.29, 0.717) is 25.9 Å². The standard InChI is InChI=1S/C16H24N4O2/c1-3-19(11-9-17)15(21)13-7-5-6-8-14(13)16(22)20(4-2)12-10-18/h13-14H,3-8,11-12H2,1-2H3/t13-,14-/m1/s1. The van der Waals surface area contributed by atoms with E-state index in [-0.39, 0.29) is 36.7 Å². The number of hydrogen-bond acceptors (Lipinski definition) is 4. The first-order chi connectivity index (χ1) is 10.6. The number of hydrogen-bond donors (Lipinski definition) is 0. The molecule has 0 spiro atoms. The molecule has 1 aliphatic carbocycles. The minimum atomic E-state index is -0.359. The third kappa shape index (κ3) is 4.21. The Kier molecular flexibility index (Phi) is 7.39. The number of carbonyl (C=O) groups is 2. The first kappa shape index (κ1) is 18.0. The summed E-state index contributed by atoms with van der Waals surface area (Å²) in [6, 6.07) is 4.01. The molecule has 0 aliphatic heterocycles. The summed E-state index contributed by atoms with van der Waals surface area (Å²) in [5.74, 6) is -0.921. The fraction of sp³-hybridized carbons (Fsp3) is 0.750. The quantitative estimate of drug-likeness (QED) is 0.696. The van der Waals surface area contributed by atoms with Crippen LogP contribution in [0.2, 0.25) is 0 Å². The van der Waals surface area contributed by atoms with Gasteiger partial charge in [0.05, 0.1) is 12.1 Å². The normalized spacial score (nSPS) is 20.5. The van der Waals surface area contributed by atoms with Crippen LogP contribution < -0.4 is 0 Å². The Morgan fingerprint density at radius 2 is 1.27 bits per heavy atom. The predicted molar refractivity (Wildman–Crippen MR) is 81.2 cm³/mol. The van der Waals surface area contributed by atoms with Gasteiger partial charge in [-0.3, -0.25) is 9.59 Å². The van der Waals surface area contributed by atoms with Crippen LogP contribution in [-0.4, -0.2) is 47.8 Å². The monoisotopic (exact) mass is 304 g/mol. The van der Waals surface area contributed by atoms with Crippen molar-refractivity contribution in [1.82, 2.24) is 9.80 Å². The van der Waals surface area contributed by atoms with Crippen LogP contribution in [0.5, 0.6) is 0 Å². The van der Waals surface area contributed by atoms with Crippen LogP contribution in [0, 0.1) is 34.5 Å². The van der Waals surface area contributed by atoms with Crippen molar-refractivity contribution >= 4 is 11.8 Å². The Morgan fingerprint density at radius 1 is 0.909 bits per heavy atom. The Balaban J connectivity index is 2.91. The van der Waals surface area contributed by atoms with Crippen molar-refractivity contribution in [2.75, 3.05) is 26.2 Å². The van der Waals surface area contributed by atoms with Crippen LogP contribution in [0.3, 0.4) is 0 Å². The average Bonchev–Trinajstić information content (AvgIpc) is 2.56. The molecule has 0 N–H and O–H groups in total. The number of nitrogens with zero attached hydrogens (tertiary/aromatic N) is 4. The maximum absolute atomic E-state index is 12.6. The zero-order valence-corrected chi connectivity index (χ0v) is 13.4. The molecule has 0 heterocycles.